The van der Waals surface area contributed by atoms with Crippen molar-refractivity contribution in [1.82, 2.24) is 29.6 Å². The molecule has 0 saturated heterocycles. The summed E-state index contributed by atoms with van der Waals surface area (Å²) in [7, 11) is 0. The van der Waals surface area contributed by atoms with Crippen molar-refractivity contribution in [1.29, 1.82) is 0 Å². The molecule has 0 aliphatic carbocycles. The molecule has 1 atom stereocenters. The number of hydrogen-bond acceptors (Lipinski definition) is 6. The van der Waals surface area contributed by atoms with Gasteiger partial charge in [0.25, 0.3) is 0 Å². The maximum Gasteiger partial charge on any atom is 0.226 e. The van der Waals surface area contributed by atoms with Gasteiger partial charge in [-0.25, -0.2) is 0 Å². The van der Waals surface area contributed by atoms with E-state index in [-0.39, 0.29) is 11.8 Å². The lowest BCUT2D eigenvalue weighted by molar-refractivity contribution is -0.116. The van der Waals surface area contributed by atoms with Crippen molar-refractivity contribution in [3.63, 3.8) is 0 Å². The number of aryl methyl sites for hydroxylation is 2. The number of hydrogen-bond donors (Lipinski definition) is 1. The standard InChI is InChI=1S/C26H23N7O2/c1-16-6-5-7-18(12-16)14-35-21-9-4-3-8-19(21)20-13-24(34)28-26-25(20)17(2)30-33(26)23-11-10-22-29-27-15-32(22)31-23/h3-12,15,20H,13-14H2,1-2H3,(H,28,34)/t20-/m1/s1. The lowest BCUT2D eigenvalue weighted by atomic mass is 9.85. The first-order valence-corrected chi connectivity index (χ1v) is 11.4. The van der Waals surface area contributed by atoms with E-state index in [0.29, 0.717) is 30.3 Å². The highest BCUT2D eigenvalue weighted by molar-refractivity contribution is 5.95. The molecule has 9 heteroatoms. The minimum absolute atomic E-state index is 0.0810. The molecule has 1 aliphatic heterocycles. The Morgan fingerprint density at radius 3 is 2.83 bits per heavy atom. The SMILES string of the molecule is Cc1cccc(COc2ccccc2[C@H]2CC(=O)Nc3c2c(C)nn3-c2ccc3nncn3n2)c1. The van der Waals surface area contributed by atoms with Gasteiger partial charge in [-0.1, -0.05) is 48.0 Å². The Balaban J connectivity index is 1.39. The second-order valence-electron chi connectivity index (χ2n) is 8.71. The van der Waals surface area contributed by atoms with Gasteiger partial charge in [0.05, 0.1) is 5.69 Å². The molecule has 9 nitrogen and oxygen atoms in total. The number of aromatic nitrogens is 6. The highest BCUT2D eigenvalue weighted by Crippen LogP contribution is 2.43. The van der Waals surface area contributed by atoms with Crippen molar-refractivity contribution in [2.24, 2.45) is 0 Å². The van der Waals surface area contributed by atoms with E-state index in [1.54, 1.807) is 9.20 Å². The van der Waals surface area contributed by atoms with Crippen LogP contribution < -0.4 is 10.1 Å². The Kier molecular flexibility index (Phi) is 5.02. The smallest absolute Gasteiger partial charge is 0.226 e. The highest BCUT2D eigenvalue weighted by Gasteiger charge is 2.34. The Labute approximate surface area is 201 Å². The third kappa shape index (κ3) is 3.80. The molecule has 0 spiro atoms. The molecule has 6 rings (SSSR count). The van der Waals surface area contributed by atoms with Gasteiger partial charge in [0.1, 0.15) is 24.5 Å². The Hall–Kier alpha value is -4.53. The first-order chi connectivity index (χ1) is 17.1. The third-order valence-electron chi connectivity index (χ3n) is 6.24. The average molecular weight is 466 g/mol. The summed E-state index contributed by atoms with van der Waals surface area (Å²) in [4.78, 5) is 12.9. The van der Waals surface area contributed by atoms with Gasteiger partial charge >= 0.3 is 0 Å². The minimum Gasteiger partial charge on any atom is -0.489 e. The zero-order valence-corrected chi connectivity index (χ0v) is 19.3. The number of amides is 1. The predicted octanol–water partition coefficient (Wildman–Crippen LogP) is 3.98. The molecular formula is C26H23N7O2. The van der Waals surface area contributed by atoms with E-state index in [1.807, 2.05) is 49.4 Å². The first kappa shape index (κ1) is 21.0. The molecule has 0 bridgehead atoms. The topological polar surface area (TPSA) is 99.2 Å². The zero-order valence-electron chi connectivity index (χ0n) is 19.3. The molecule has 174 valence electrons. The van der Waals surface area contributed by atoms with Crippen molar-refractivity contribution in [3.8, 4) is 11.6 Å². The van der Waals surface area contributed by atoms with Gasteiger partial charge in [-0.15, -0.1) is 15.3 Å². The van der Waals surface area contributed by atoms with Crippen molar-refractivity contribution in [3.05, 3.63) is 94.9 Å². The maximum absolute atomic E-state index is 12.9. The molecule has 2 aromatic carbocycles. The molecule has 1 amide bonds. The highest BCUT2D eigenvalue weighted by atomic mass is 16.5. The van der Waals surface area contributed by atoms with E-state index in [9.17, 15) is 4.79 Å². The normalized spacial score (nSPS) is 15.1. The van der Waals surface area contributed by atoms with Crippen LogP contribution in [-0.2, 0) is 11.4 Å². The number of ether oxygens (including phenoxy) is 1. The summed E-state index contributed by atoms with van der Waals surface area (Å²) in [6, 6.07) is 19.8. The van der Waals surface area contributed by atoms with Crippen molar-refractivity contribution in [2.45, 2.75) is 32.8 Å². The maximum atomic E-state index is 12.9. The number of para-hydroxylation sites is 1. The second-order valence-corrected chi connectivity index (χ2v) is 8.71. The van der Waals surface area contributed by atoms with Gasteiger partial charge in [-0.2, -0.15) is 14.3 Å². The number of nitrogens with zero attached hydrogens (tertiary/aromatic N) is 6. The molecule has 4 heterocycles. The number of benzene rings is 2. The number of rotatable bonds is 5. The summed E-state index contributed by atoms with van der Waals surface area (Å²) >= 11 is 0. The van der Waals surface area contributed by atoms with Gasteiger partial charge in [0.15, 0.2) is 11.5 Å². The fourth-order valence-electron chi connectivity index (χ4n) is 4.67. The van der Waals surface area contributed by atoms with Crippen LogP contribution in [0.25, 0.3) is 11.5 Å². The summed E-state index contributed by atoms with van der Waals surface area (Å²) in [6.45, 7) is 4.47. The monoisotopic (exact) mass is 465 g/mol. The van der Waals surface area contributed by atoms with Crippen LogP contribution in [0, 0.1) is 13.8 Å². The number of fused-ring (bicyclic) bond motifs is 2. The molecule has 35 heavy (non-hydrogen) atoms. The predicted molar refractivity (Wildman–Crippen MR) is 130 cm³/mol. The van der Waals surface area contributed by atoms with E-state index in [1.165, 1.54) is 11.9 Å². The second kappa shape index (κ2) is 8.35. The number of nitrogens with one attached hydrogen (secondary N) is 1. The van der Waals surface area contributed by atoms with Gasteiger partial charge in [-0.3, -0.25) is 4.79 Å². The summed E-state index contributed by atoms with van der Waals surface area (Å²) in [5.41, 5.74) is 5.66. The van der Waals surface area contributed by atoms with Crippen LogP contribution in [0.4, 0.5) is 5.82 Å². The molecule has 1 aliphatic rings. The molecule has 3 aromatic heterocycles. The van der Waals surface area contributed by atoms with Crippen LogP contribution in [0.15, 0.2) is 67.0 Å². The summed E-state index contributed by atoms with van der Waals surface area (Å²) in [5.74, 6) is 1.67. The van der Waals surface area contributed by atoms with E-state index >= 15 is 0 Å². The Morgan fingerprint density at radius 2 is 1.94 bits per heavy atom. The molecule has 0 unspecified atom stereocenters. The molecule has 0 radical (unpaired) electrons. The van der Waals surface area contributed by atoms with Crippen molar-refractivity contribution in [2.75, 3.05) is 5.32 Å². The lowest BCUT2D eigenvalue weighted by Crippen LogP contribution is -2.25. The molecule has 1 N–H and O–H groups in total. The van der Waals surface area contributed by atoms with E-state index in [4.69, 9.17) is 9.84 Å². The minimum atomic E-state index is -0.195. The summed E-state index contributed by atoms with van der Waals surface area (Å²) in [6.07, 6.45) is 1.84. The van der Waals surface area contributed by atoms with Gasteiger partial charge in [-0.05, 0) is 37.6 Å². The van der Waals surface area contributed by atoms with Gasteiger partial charge < -0.3 is 10.1 Å². The largest absolute Gasteiger partial charge is 0.489 e. The van der Waals surface area contributed by atoms with Crippen LogP contribution in [0.5, 0.6) is 5.75 Å². The van der Waals surface area contributed by atoms with E-state index < -0.39 is 0 Å². The van der Waals surface area contributed by atoms with Crippen LogP contribution >= 0.6 is 0 Å². The van der Waals surface area contributed by atoms with Crippen LogP contribution in [-0.4, -0.2) is 35.5 Å². The number of carbonyl (C=O) groups is 1. The Bertz CT molecular complexity index is 1570. The first-order valence-electron chi connectivity index (χ1n) is 11.4. The Morgan fingerprint density at radius 1 is 1.06 bits per heavy atom. The number of anilines is 1. The fourth-order valence-corrected chi connectivity index (χ4v) is 4.67. The van der Waals surface area contributed by atoms with Crippen LogP contribution in [0.1, 0.15) is 40.3 Å². The quantitative estimate of drug-likeness (QED) is 0.422. The number of carbonyl (C=O) groups excluding carboxylic acids is 1. The molecule has 0 saturated carbocycles. The summed E-state index contributed by atoms with van der Waals surface area (Å²) in [5, 5.41) is 20.2. The van der Waals surface area contributed by atoms with Crippen molar-refractivity contribution >= 4 is 17.4 Å². The van der Waals surface area contributed by atoms with Crippen LogP contribution in [0.2, 0.25) is 0 Å². The zero-order chi connectivity index (χ0) is 23.9. The average Bonchev–Trinajstić information content (AvgIpc) is 3.46. The molecule has 0 fully saturated rings. The van der Waals surface area contributed by atoms with Crippen molar-refractivity contribution < 1.29 is 9.53 Å². The molecule has 5 aromatic rings. The summed E-state index contributed by atoms with van der Waals surface area (Å²) < 4.78 is 9.51. The molecular weight excluding hydrogens is 442 g/mol. The van der Waals surface area contributed by atoms with E-state index in [2.05, 4.69) is 45.7 Å². The van der Waals surface area contributed by atoms with Gasteiger partial charge in [0, 0.05) is 23.5 Å². The fraction of sp³-hybridized carbons (Fsp3) is 0.192. The van der Waals surface area contributed by atoms with Crippen LogP contribution in [0.3, 0.4) is 0 Å². The van der Waals surface area contributed by atoms with Gasteiger partial charge in [0.2, 0.25) is 5.91 Å². The third-order valence-corrected chi connectivity index (χ3v) is 6.24. The lowest BCUT2D eigenvalue weighted by Gasteiger charge is -2.26. The van der Waals surface area contributed by atoms with E-state index in [0.717, 1.165) is 28.1 Å².